The van der Waals surface area contributed by atoms with Crippen LogP contribution in [-0.4, -0.2) is 50.0 Å². The molecular formula is C30H23F5N2O7S. The molecule has 9 nitrogen and oxygen atoms in total. The summed E-state index contributed by atoms with van der Waals surface area (Å²) < 4.78 is 98.0. The van der Waals surface area contributed by atoms with Crippen molar-refractivity contribution in [3.05, 3.63) is 89.5 Å². The van der Waals surface area contributed by atoms with E-state index in [4.69, 9.17) is 4.74 Å². The summed E-state index contributed by atoms with van der Waals surface area (Å²) >= 11 is 0. The van der Waals surface area contributed by atoms with Gasteiger partial charge in [0.25, 0.3) is 15.7 Å². The summed E-state index contributed by atoms with van der Waals surface area (Å²) in [5, 5.41) is 14.4. The molecule has 2 aliphatic carbocycles. The second-order valence-electron chi connectivity index (χ2n) is 10.4. The van der Waals surface area contributed by atoms with Gasteiger partial charge in [0.1, 0.15) is 17.4 Å². The zero-order valence-corrected chi connectivity index (χ0v) is 23.9. The number of rotatable bonds is 8. The van der Waals surface area contributed by atoms with Crippen molar-refractivity contribution >= 4 is 33.3 Å². The summed E-state index contributed by atoms with van der Waals surface area (Å²) in [6.07, 6.45) is 4.00. The first kappa shape index (κ1) is 31.6. The smallest absolute Gasteiger partial charge is 0.496 e. The Kier molecular flexibility index (Phi) is 8.16. The summed E-state index contributed by atoms with van der Waals surface area (Å²) in [6, 6.07) is 8.03. The second kappa shape index (κ2) is 11.6. The predicted molar refractivity (Wildman–Crippen MR) is 149 cm³/mol. The molecule has 45 heavy (non-hydrogen) atoms. The molecule has 0 unspecified atom stereocenters. The normalized spacial score (nSPS) is 20.6. The minimum atomic E-state index is -5.67. The third-order valence-electron chi connectivity index (χ3n) is 7.83. The van der Waals surface area contributed by atoms with E-state index in [0.29, 0.717) is 12.5 Å². The number of methoxy groups -OCH3 is 1. The molecule has 2 amide bonds. The molecule has 3 aromatic rings. The lowest BCUT2D eigenvalue weighted by molar-refractivity contribution is -0.121. The number of hydrogen-bond donors (Lipinski definition) is 3. The van der Waals surface area contributed by atoms with Gasteiger partial charge in [-0.15, -0.1) is 0 Å². The van der Waals surface area contributed by atoms with Crippen LogP contribution in [-0.2, 0) is 14.6 Å². The Bertz CT molecular complexity index is 1860. The van der Waals surface area contributed by atoms with Crippen molar-refractivity contribution < 1.29 is 54.6 Å². The quantitative estimate of drug-likeness (QED) is 0.225. The molecule has 2 bridgehead atoms. The molecule has 4 atom stereocenters. The summed E-state index contributed by atoms with van der Waals surface area (Å²) in [5.74, 6) is -7.19. The molecule has 2 aliphatic rings. The van der Waals surface area contributed by atoms with Crippen molar-refractivity contribution in [2.45, 2.75) is 22.9 Å². The monoisotopic (exact) mass is 650 g/mol. The molecule has 236 valence electrons. The van der Waals surface area contributed by atoms with Crippen molar-refractivity contribution in [2.75, 3.05) is 12.4 Å². The molecule has 1 saturated carbocycles. The van der Waals surface area contributed by atoms with Gasteiger partial charge in [0, 0.05) is 28.9 Å². The van der Waals surface area contributed by atoms with E-state index in [1.165, 1.54) is 19.2 Å². The highest BCUT2D eigenvalue weighted by atomic mass is 32.2. The molecule has 0 heterocycles. The first-order chi connectivity index (χ1) is 21.1. The molecule has 5 rings (SSSR count). The zero-order valence-electron chi connectivity index (χ0n) is 23.1. The lowest BCUT2D eigenvalue weighted by Gasteiger charge is -2.28. The van der Waals surface area contributed by atoms with E-state index in [-0.39, 0.29) is 28.8 Å². The van der Waals surface area contributed by atoms with E-state index in [1.54, 1.807) is 12.2 Å². The minimum Gasteiger partial charge on any atom is -0.496 e. The highest BCUT2D eigenvalue weighted by molar-refractivity contribution is 7.92. The molecule has 3 aromatic carbocycles. The lowest BCUT2D eigenvalue weighted by atomic mass is 9.87. The number of carboxylic acid groups (broad SMARTS) is 1. The van der Waals surface area contributed by atoms with Crippen LogP contribution < -0.4 is 15.4 Å². The van der Waals surface area contributed by atoms with Crippen molar-refractivity contribution in [2.24, 2.45) is 17.8 Å². The molecular weight excluding hydrogens is 627 g/mol. The number of benzene rings is 3. The van der Waals surface area contributed by atoms with Gasteiger partial charge in [-0.3, -0.25) is 9.59 Å². The SMILES string of the molecule is COc1cc(F)c(-c2cccc(C(=O)O)c2F)cc1C(=O)N[C@@H]1[C@H](C(=O)Nc2cccc(S(=O)(=O)C(F)(F)F)c2)[C@H]2C=C[C@@H]1C2. The maximum Gasteiger partial charge on any atom is 0.501 e. The van der Waals surface area contributed by atoms with Crippen LogP contribution in [0.5, 0.6) is 5.75 Å². The van der Waals surface area contributed by atoms with Crippen LogP contribution in [0.2, 0.25) is 0 Å². The standard InChI is InChI=1S/C30H23F5N2O7S/c1-44-23-13-22(31)20(18-6-3-7-19(25(18)32)29(40)41)12-21(23)27(38)37-26-15-9-8-14(10-15)24(26)28(39)36-16-4-2-5-17(11-16)45(42,43)30(33,34)35/h2-9,11-15,24,26H,10H2,1H3,(H,36,39)(H,37,38)(H,40,41)/t14-,15+,24+,26-/m0/s1. The van der Waals surface area contributed by atoms with E-state index < -0.39 is 78.3 Å². The number of amides is 2. The van der Waals surface area contributed by atoms with E-state index in [9.17, 15) is 45.5 Å². The fraction of sp³-hybridized carbons (Fsp3) is 0.233. The van der Waals surface area contributed by atoms with Crippen LogP contribution in [0.3, 0.4) is 0 Å². The van der Waals surface area contributed by atoms with Gasteiger partial charge in [0.05, 0.1) is 29.1 Å². The van der Waals surface area contributed by atoms with E-state index in [2.05, 4.69) is 10.6 Å². The molecule has 3 N–H and O–H groups in total. The number of hydrogen-bond acceptors (Lipinski definition) is 6. The molecule has 1 fully saturated rings. The highest BCUT2D eigenvalue weighted by Gasteiger charge is 2.49. The Morgan fingerprint density at radius 1 is 0.933 bits per heavy atom. The van der Waals surface area contributed by atoms with Crippen LogP contribution in [0.1, 0.15) is 27.1 Å². The summed E-state index contributed by atoms with van der Waals surface area (Å²) in [6.45, 7) is 0. The van der Waals surface area contributed by atoms with Crippen molar-refractivity contribution in [3.8, 4) is 16.9 Å². The predicted octanol–water partition coefficient (Wildman–Crippen LogP) is 5.19. The Morgan fingerprint density at radius 2 is 1.62 bits per heavy atom. The molecule has 0 aromatic heterocycles. The molecule has 0 radical (unpaired) electrons. The average Bonchev–Trinajstić information content (AvgIpc) is 3.59. The zero-order chi connectivity index (χ0) is 32.8. The average molecular weight is 651 g/mol. The van der Waals surface area contributed by atoms with Gasteiger partial charge in [0.15, 0.2) is 0 Å². The summed E-state index contributed by atoms with van der Waals surface area (Å²) in [7, 11) is -4.51. The topological polar surface area (TPSA) is 139 Å². The fourth-order valence-electron chi connectivity index (χ4n) is 5.72. The van der Waals surface area contributed by atoms with Crippen LogP contribution >= 0.6 is 0 Å². The summed E-state index contributed by atoms with van der Waals surface area (Å²) in [4.78, 5) is 37.3. The molecule has 0 saturated heterocycles. The Labute approximate surface area is 252 Å². The number of carbonyl (C=O) groups excluding carboxylic acids is 2. The van der Waals surface area contributed by atoms with E-state index >= 15 is 4.39 Å². The van der Waals surface area contributed by atoms with Crippen molar-refractivity contribution in [1.29, 1.82) is 0 Å². The largest absolute Gasteiger partial charge is 0.501 e. The minimum absolute atomic E-state index is 0.211. The number of nitrogens with one attached hydrogen (secondary N) is 2. The van der Waals surface area contributed by atoms with E-state index in [1.807, 2.05) is 0 Å². The number of alkyl halides is 3. The maximum absolute atomic E-state index is 15.1. The maximum atomic E-state index is 15.1. The van der Waals surface area contributed by atoms with Crippen LogP contribution in [0.4, 0.5) is 27.6 Å². The van der Waals surface area contributed by atoms with Gasteiger partial charge in [-0.25, -0.2) is 22.0 Å². The summed E-state index contributed by atoms with van der Waals surface area (Å²) in [5.41, 5.74) is -7.55. The Hall–Kier alpha value is -4.79. The third kappa shape index (κ3) is 5.75. The van der Waals surface area contributed by atoms with Gasteiger partial charge in [-0.2, -0.15) is 13.2 Å². The van der Waals surface area contributed by atoms with E-state index in [0.717, 1.165) is 36.4 Å². The first-order valence-corrected chi connectivity index (χ1v) is 14.7. The van der Waals surface area contributed by atoms with Gasteiger partial charge >= 0.3 is 11.5 Å². The van der Waals surface area contributed by atoms with Gasteiger partial charge in [0.2, 0.25) is 5.91 Å². The number of sulfone groups is 1. The van der Waals surface area contributed by atoms with Gasteiger partial charge < -0.3 is 20.5 Å². The molecule has 0 aliphatic heterocycles. The third-order valence-corrected chi connectivity index (χ3v) is 9.31. The second-order valence-corrected chi connectivity index (χ2v) is 12.4. The highest BCUT2D eigenvalue weighted by Crippen LogP contribution is 2.45. The van der Waals surface area contributed by atoms with Crippen LogP contribution in [0, 0.1) is 29.4 Å². The van der Waals surface area contributed by atoms with Crippen LogP contribution in [0.15, 0.2) is 71.6 Å². The van der Waals surface area contributed by atoms with Crippen molar-refractivity contribution in [1.82, 2.24) is 5.32 Å². The molecule has 0 spiro atoms. The number of halogens is 5. The number of aromatic carboxylic acids is 1. The van der Waals surface area contributed by atoms with Crippen molar-refractivity contribution in [3.63, 3.8) is 0 Å². The number of allylic oxidation sites excluding steroid dienone is 1. The van der Waals surface area contributed by atoms with Gasteiger partial charge in [-0.05, 0) is 48.6 Å². The number of carbonyl (C=O) groups is 3. The Morgan fingerprint density at radius 3 is 2.29 bits per heavy atom. The first-order valence-electron chi connectivity index (χ1n) is 13.2. The number of anilines is 1. The van der Waals surface area contributed by atoms with Crippen LogP contribution in [0.25, 0.3) is 11.1 Å². The number of carboxylic acids is 1. The Balaban J connectivity index is 1.43. The fourth-order valence-corrected chi connectivity index (χ4v) is 6.53. The molecule has 15 heteroatoms. The lowest BCUT2D eigenvalue weighted by Crippen LogP contribution is -2.47. The number of fused-ring (bicyclic) bond motifs is 2. The number of ether oxygens (including phenoxy) is 1. The van der Waals surface area contributed by atoms with Gasteiger partial charge in [-0.1, -0.05) is 30.4 Å².